The number of aliphatic hydroxyl groups excluding tert-OH is 2. The number of aliphatic carboxylic acids is 1. The lowest BCUT2D eigenvalue weighted by atomic mass is 9.98. The van der Waals surface area contributed by atoms with Gasteiger partial charge >= 0.3 is 23.9 Å². The standard InChI is InChI=1S/C65H104O12/c1-4-7-10-13-16-19-21-23-25-27-29-31-33-35-37-40-42-45-48-51-57(66)73-54-56(75-58(67)52-49-46-44-41-38-36-34-32-30-28-26-24-22-20-17-14-11-8-5-2)55-74-65-63(61(70)60(69)62(77-65)64(71)72)76-59(68)53-50-47-43-39-18-15-12-9-6-3/h7-8,10-11,16-17,19-20,23-26,29-32,35,37,56,60-63,65,69-70H,4-6,9,12-15,18,21-22,27-28,33-34,36,38-55H2,1-3H3,(H,71,72)/b10-7-,11-8-,19-16-,20-17-,25-23-,26-24-,31-29-,32-30-,37-35-. The summed E-state index contributed by atoms with van der Waals surface area (Å²) in [5, 5.41) is 31.4. The highest BCUT2D eigenvalue weighted by molar-refractivity contribution is 5.74. The maximum atomic E-state index is 13.2. The second-order valence-electron chi connectivity index (χ2n) is 19.9. The third kappa shape index (κ3) is 42.1. The first-order valence-electron chi connectivity index (χ1n) is 29.9. The van der Waals surface area contributed by atoms with Crippen LogP contribution in [0.4, 0.5) is 0 Å². The minimum atomic E-state index is -1.91. The first kappa shape index (κ1) is 70.4. The monoisotopic (exact) mass is 1080 g/mol. The van der Waals surface area contributed by atoms with Crippen LogP contribution in [-0.4, -0.2) is 89.2 Å². The smallest absolute Gasteiger partial charge is 0.335 e. The Hall–Kier alpha value is -4.62. The summed E-state index contributed by atoms with van der Waals surface area (Å²) >= 11 is 0. The SMILES string of the molecule is CC/C=C\C/C=C\C/C=C\C/C=C\C/C=C\CCCCCC(=O)OCC(COC1OC(C(=O)O)C(O)C(O)C1OC(=O)CCCCCCCCCCC)OC(=O)CCCCCCCC/C=C\C/C=C\C/C=C\C/C=C\CC. The molecule has 12 nitrogen and oxygen atoms in total. The highest BCUT2D eigenvalue weighted by Gasteiger charge is 2.50. The zero-order valence-corrected chi connectivity index (χ0v) is 47.9. The van der Waals surface area contributed by atoms with Crippen LogP contribution >= 0.6 is 0 Å². The lowest BCUT2D eigenvalue weighted by molar-refractivity contribution is -0.301. The molecule has 1 heterocycles. The second kappa shape index (κ2) is 52.1. The van der Waals surface area contributed by atoms with Crippen molar-refractivity contribution < 1.29 is 58.2 Å². The molecule has 1 aliphatic heterocycles. The Kier molecular flexibility index (Phi) is 47.6. The molecule has 0 spiro atoms. The van der Waals surface area contributed by atoms with Crippen LogP contribution in [0.5, 0.6) is 0 Å². The van der Waals surface area contributed by atoms with Crippen molar-refractivity contribution in [2.24, 2.45) is 0 Å². The number of carbonyl (C=O) groups is 4. The van der Waals surface area contributed by atoms with Crippen LogP contribution in [0.2, 0.25) is 0 Å². The molecule has 0 amide bonds. The number of carbonyl (C=O) groups excluding carboxylic acids is 3. The summed E-state index contributed by atoms with van der Waals surface area (Å²) < 4.78 is 28.4. The topological polar surface area (TPSA) is 175 Å². The Morgan fingerprint density at radius 2 is 0.818 bits per heavy atom. The van der Waals surface area contributed by atoms with Gasteiger partial charge in [0.25, 0.3) is 0 Å². The third-order valence-corrected chi connectivity index (χ3v) is 12.8. The molecule has 0 aliphatic carbocycles. The molecule has 436 valence electrons. The van der Waals surface area contributed by atoms with Crippen molar-refractivity contribution >= 4 is 23.9 Å². The summed E-state index contributed by atoms with van der Waals surface area (Å²) in [5.41, 5.74) is 0. The largest absolute Gasteiger partial charge is 0.479 e. The number of unbranched alkanes of at least 4 members (excludes halogenated alkanes) is 17. The molecule has 0 radical (unpaired) electrons. The van der Waals surface area contributed by atoms with E-state index in [2.05, 4.69) is 130 Å². The molecule has 1 saturated heterocycles. The molecule has 6 atom stereocenters. The van der Waals surface area contributed by atoms with Crippen molar-refractivity contribution in [3.8, 4) is 0 Å². The average Bonchev–Trinajstić information content (AvgIpc) is 3.42. The van der Waals surface area contributed by atoms with Gasteiger partial charge in [0.05, 0.1) is 6.61 Å². The Balaban J connectivity index is 2.70. The lowest BCUT2D eigenvalue weighted by Gasteiger charge is -2.40. The normalized spacial score (nSPS) is 18.8. The van der Waals surface area contributed by atoms with E-state index in [-0.39, 0.29) is 25.9 Å². The van der Waals surface area contributed by atoms with Crippen molar-refractivity contribution in [1.29, 1.82) is 0 Å². The summed E-state index contributed by atoms with van der Waals surface area (Å²) in [6.07, 6.45) is 57.8. The Bertz CT molecular complexity index is 1750. The third-order valence-electron chi connectivity index (χ3n) is 12.8. The predicted molar refractivity (Wildman–Crippen MR) is 312 cm³/mol. The summed E-state index contributed by atoms with van der Waals surface area (Å²) in [5.74, 6) is -3.19. The Labute approximate surface area is 465 Å². The molecule has 0 bridgehead atoms. The molecule has 0 aromatic rings. The molecule has 1 rings (SSSR count). The minimum Gasteiger partial charge on any atom is -0.479 e. The number of hydrogen-bond acceptors (Lipinski definition) is 11. The van der Waals surface area contributed by atoms with Gasteiger partial charge < -0.3 is 39.0 Å². The van der Waals surface area contributed by atoms with Gasteiger partial charge in [-0.3, -0.25) is 14.4 Å². The van der Waals surface area contributed by atoms with Gasteiger partial charge in [0.2, 0.25) is 0 Å². The first-order chi connectivity index (χ1) is 37.6. The van der Waals surface area contributed by atoms with E-state index in [1.807, 2.05) is 0 Å². The van der Waals surface area contributed by atoms with Gasteiger partial charge in [-0.05, 0) is 103 Å². The fourth-order valence-electron chi connectivity index (χ4n) is 8.33. The van der Waals surface area contributed by atoms with Gasteiger partial charge in [0.1, 0.15) is 18.8 Å². The number of esters is 3. The van der Waals surface area contributed by atoms with Gasteiger partial charge in [-0.2, -0.15) is 0 Å². The molecule has 3 N–H and O–H groups in total. The lowest BCUT2D eigenvalue weighted by Crippen LogP contribution is -2.61. The summed E-state index contributed by atoms with van der Waals surface area (Å²) in [6, 6.07) is 0. The van der Waals surface area contributed by atoms with E-state index in [1.54, 1.807) is 0 Å². The maximum absolute atomic E-state index is 13.2. The van der Waals surface area contributed by atoms with Crippen LogP contribution in [-0.2, 0) is 42.9 Å². The number of rotatable bonds is 49. The van der Waals surface area contributed by atoms with Crippen LogP contribution in [0.1, 0.15) is 226 Å². The van der Waals surface area contributed by atoms with Crippen LogP contribution in [0, 0.1) is 0 Å². The maximum Gasteiger partial charge on any atom is 0.335 e. The predicted octanol–water partition coefficient (Wildman–Crippen LogP) is 15.4. The van der Waals surface area contributed by atoms with Gasteiger partial charge in [0, 0.05) is 19.3 Å². The number of hydrogen-bond donors (Lipinski definition) is 3. The van der Waals surface area contributed by atoms with Crippen molar-refractivity contribution in [3.05, 3.63) is 109 Å². The molecule has 77 heavy (non-hydrogen) atoms. The van der Waals surface area contributed by atoms with Gasteiger partial charge in [0.15, 0.2) is 24.6 Å². The number of carboxylic acids is 1. The van der Waals surface area contributed by atoms with Gasteiger partial charge in [-0.1, -0.05) is 214 Å². The van der Waals surface area contributed by atoms with Crippen LogP contribution in [0.15, 0.2) is 109 Å². The molecule has 12 heteroatoms. The molecule has 6 unspecified atom stereocenters. The quantitative estimate of drug-likeness (QED) is 0.0228. The van der Waals surface area contributed by atoms with E-state index in [0.717, 1.165) is 141 Å². The second-order valence-corrected chi connectivity index (χ2v) is 19.9. The molecule has 1 aliphatic rings. The summed E-state index contributed by atoms with van der Waals surface area (Å²) in [4.78, 5) is 51.1. The molecule has 0 aromatic carbocycles. The molecular weight excluding hydrogens is 973 g/mol. The van der Waals surface area contributed by atoms with E-state index in [0.29, 0.717) is 19.3 Å². The molecule has 1 fully saturated rings. The molecule has 0 aromatic heterocycles. The molecular formula is C65H104O12. The van der Waals surface area contributed by atoms with E-state index in [9.17, 15) is 34.5 Å². The first-order valence-corrected chi connectivity index (χ1v) is 29.9. The van der Waals surface area contributed by atoms with Crippen molar-refractivity contribution in [3.63, 3.8) is 0 Å². The number of ether oxygens (including phenoxy) is 5. The summed E-state index contributed by atoms with van der Waals surface area (Å²) in [6.45, 7) is 5.68. The minimum absolute atomic E-state index is 0.0514. The van der Waals surface area contributed by atoms with Crippen LogP contribution in [0.3, 0.4) is 0 Å². The van der Waals surface area contributed by atoms with Crippen LogP contribution < -0.4 is 0 Å². The zero-order valence-electron chi connectivity index (χ0n) is 47.9. The number of aliphatic hydroxyl groups is 2. The zero-order chi connectivity index (χ0) is 56.1. The Morgan fingerprint density at radius 1 is 0.442 bits per heavy atom. The fourth-order valence-corrected chi connectivity index (χ4v) is 8.33. The highest BCUT2D eigenvalue weighted by atomic mass is 16.7. The van der Waals surface area contributed by atoms with Gasteiger partial charge in [-0.15, -0.1) is 0 Å². The average molecular weight is 1080 g/mol. The highest BCUT2D eigenvalue weighted by Crippen LogP contribution is 2.26. The number of carboxylic acid groups (broad SMARTS) is 1. The van der Waals surface area contributed by atoms with Crippen molar-refractivity contribution in [1.82, 2.24) is 0 Å². The van der Waals surface area contributed by atoms with Crippen molar-refractivity contribution in [2.45, 2.75) is 263 Å². The van der Waals surface area contributed by atoms with Crippen LogP contribution in [0.25, 0.3) is 0 Å². The fraction of sp³-hybridized carbons (Fsp3) is 0.662. The van der Waals surface area contributed by atoms with E-state index < -0.39 is 67.3 Å². The van der Waals surface area contributed by atoms with Gasteiger partial charge in [-0.25, -0.2) is 4.79 Å². The Morgan fingerprint density at radius 3 is 1.26 bits per heavy atom. The van der Waals surface area contributed by atoms with E-state index >= 15 is 0 Å². The summed E-state index contributed by atoms with van der Waals surface area (Å²) in [7, 11) is 0. The molecule has 0 saturated carbocycles. The van der Waals surface area contributed by atoms with E-state index in [4.69, 9.17) is 23.7 Å². The van der Waals surface area contributed by atoms with Crippen molar-refractivity contribution in [2.75, 3.05) is 13.2 Å². The van der Waals surface area contributed by atoms with E-state index in [1.165, 1.54) is 25.7 Å². The number of allylic oxidation sites excluding steroid dienone is 18.